The van der Waals surface area contributed by atoms with E-state index in [0.717, 1.165) is 24.8 Å². The van der Waals surface area contributed by atoms with E-state index in [2.05, 4.69) is 0 Å². The van der Waals surface area contributed by atoms with Gasteiger partial charge in [-0.15, -0.1) is 0 Å². The Labute approximate surface area is 137 Å². The minimum atomic E-state index is -0.670. The van der Waals surface area contributed by atoms with Crippen LogP contribution in [0.4, 0.5) is 0 Å². The Balaban J connectivity index is 2.14. The monoisotopic (exact) mass is 326 g/mol. The fraction of sp³-hybridized carbons (Fsp3) is 0.647. The lowest BCUT2D eigenvalue weighted by atomic mass is 10.0. The first-order valence-electron chi connectivity index (χ1n) is 7.90. The van der Waals surface area contributed by atoms with Crippen LogP contribution in [-0.2, 0) is 14.2 Å². The van der Waals surface area contributed by atoms with Crippen LogP contribution in [0.5, 0.6) is 11.5 Å². The summed E-state index contributed by atoms with van der Waals surface area (Å²) >= 11 is 0. The molecule has 1 fully saturated rings. The fourth-order valence-corrected chi connectivity index (χ4v) is 2.56. The smallest absolute Gasteiger partial charge is 0.188 e. The van der Waals surface area contributed by atoms with Crippen LogP contribution in [0, 0.1) is 0 Å². The third-order valence-corrected chi connectivity index (χ3v) is 3.72. The molecule has 1 saturated heterocycles. The first-order valence-corrected chi connectivity index (χ1v) is 7.90. The van der Waals surface area contributed by atoms with Crippen molar-refractivity contribution in [1.82, 2.24) is 0 Å². The van der Waals surface area contributed by atoms with Gasteiger partial charge in [-0.1, -0.05) is 6.07 Å². The predicted molar refractivity (Wildman–Crippen MR) is 84.6 cm³/mol. The van der Waals surface area contributed by atoms with Crippen molar-refractivity contribution in [3.8, 4) is 11.5 Å². The van der Waals surface area contributed by atoms with Gasteiger partial charge in [0, 0.05) is 13.7 Å². The molecule has 6 heteroatoms. The zero-order chi connectivity index (χ0) is 16.7. The first-order chi connectivity index (χ1) is 11.2. The minimum Gasteiger partial charge on any atom is -0.493 e. The van der Waals surface area contributed by atoms with Gasteiger partial charge in [0.05, 0.1) is 13.2 Å². The summed E-state index contributed by atoms with van der Waals surface area (Å²) in [5.74, 6) is 1.15. The summed E-state index contributed by atoms with van der Waals surface area (Å²) in [6, 6.07) is 5.45. The molecule has 23 heavy (non-hydrogen) atoms. The molecule has 0 bridgehead atoms. The molecule has 1 aliphatic heterocycles. The van der Waals surface area contributed by atoms with E-state index in [4.69, 9.17) is 23.7 Å². The van der Waals surface area contributed by atoms with E-state index in [1.54, 1.807) is 27.2 Å². The van der Waals surface area contributed by atoms with Crippen molar-refractivity contribution in [1.29, 1.82) is 0 Å². The summed E-state index contributed by atoms with van der Waals surface area (Å²) in [7, 11) is 3.13. The maximum atomic E-state index is 10.1. The summed E-state index contributed by atoms with van der Waals surface area (Å²) in [4.78, 5) is 0. The molecule has 1 aromatic rings. The van der Waals surface area contributed by atoms with Gasteiger partial charge in [0.1, 0.15) is 6.10 Å². The van der Waals surface area contributed by atoms with Gasteiger partial charge in [0.25, 0.3) is 0 Å². The highest BCUT2D eigenvalue weighted by Crippen LogP contribution is 2.34. The molecular formula is C17H26O6. The lowest BCUT2D eigenvalue weighted by Crippen LogP contribution is -2.28. The average Bonchev–Trinajstić information content (AvgIpc) is 2.58. The van der Waals surface area contributed by atoms with Crippen molar-refractivity contribution in [3.63, 3.8) is 0 Å². The number of rotatable bonds is 8. The fourth-order valence-electron chi connectivity index (χ4n) is 2.56. The molecule has 0 saturated carbocycles. The molecule has 1 N–H and O–H groups in total. The topological polar surface area (TPSA) is 66.4 Å². The normalized spacial score (nSPS) is 20.8. The Morgan fingerprint density at radius 1 is 1.26 bits per heavy atom. The lowest BCUT2D eigenvalue weighted by molar-refractivity contribution is -0.207. The molecule has 0 amide bonds. The van der Waals surface area contributed by atoms with Gasteiger partial charge in [-0.2, -0.15) is 0 Å². The SMILES string of the molecule is COCOc1ccc([C@@H](OC2CCCCO2)[C@@H](C)O)cc1OC. The molecule has 0 aromatic heterocycles. The summed E-state index contributed by atoms with van der Waals surface area (Å²) < 4.78 is 27.3. The van der Waals surface area contributed by atoms with E-state index in [0.29, 0.717) is 18.1 Å². The lowest BCUT2D eigenvalue weighted by Gasteiger charge is -2.29. The second-order valence-corrected chi connectivity index (χ2v) is 5.55. The van der Waals surface area contributed by atoms with Crippen LogP contribution in [0.2, 0.25) is 0 Å². The number of ether oxygens (including phenoxy) is 5. The van der Waals surface area contributed by atoms with Crippen LogP contribution < -0.4 is 9.47 Å². The number of aliphatic hydroxyl groups excluding tert-OH is 1. The zero-order valence-corrected chi connectivity index (χ0v) is 14.0. The van der Waals surface area contributed by atoms with E-state index in [1.807, 2.05) is 12.1 Å². The van der Waals surface area contributed by atoms with Gasteiger partial charge in [-0.25, -0.2) is 0 Å². The van der Waals surface area contributed by atoms with E-state index in [1.165, 1.54) is 0 Å². The molecule has 130 valence electrons. The third kappa shape index (κ3) is 5.07. The Morgan fingerprint density at radius 3 is 2.70 bits per heavy atom. The van der Waals surface area contributed by atoms with Crippen LogP contribution in [0.25, 0.3) is 0 Å². The largest absolute Gasteiger partial charge is 0.493 e. The Bertz CT molecular complexity index is 470. The molecule has 2 rings (SSSR count). The van der Waals surface area contributed by atoms with Gasteiger partial charge in [0.2, 0.25) is 0 Å². The number of hydrogen-bond acceptors (Lipinski definition) is 6. The first kappa shape index (κ1) is 18.0. The Hall–Kier alpha value is -1.34. The van der Waals surface area contributed by atoms with Gasteiger partial charge in [0.15, 0.2) is 24.6 Å². The van der Waals surface area contributed by atoms with Crippen molar-refractivity contribution in [2.24, 2.45) is 0 Å². The molecule has 6 nitrogen and oxygen atoms in total. The standard InChI is InChI=1S/C17H26O6/c1-12(18)17(23-16-6-4-5-9-21-16)13-7-8-14(22-11-19-2)15(10-13)20-3/h7-8,10,12,16-18H,4-6,9,11H2,1-3H3/t12-,16?,17+/m1/s1. The van der Waals surface area contributed by atoms with Crippen LogP contribution in [0.1, 0.15) is 37.9 Å². The summed E-state index contributed by atoms with van der Waals surface area (Å²) in [6.45, 7) is 2.54. The molecule has 3 atom stereocenters. The van der Waals surface area contributed by atoms with Crippen LogP contribution in [0.3, 0.4) is 0 Å². The average molecular weight is 326 g/mol. The number of benzene rings is 1. The molecule has 0 radical (unpaired) electrons. The quantitative estimate of drug-likeness (QED) is 0.741. The number of hydrogen-bond donors (Lipinski definition) is 1. The minimum absolute atomic E-state index is 0.141. The van der Waals surface area contributed by atoms with E-state index < -0.39 is 12.2 Å². The van der Waals surface area contributed by atoms with Crippen LogP contribution >= 0.6 is 0 Å². The van der Waals surface area contributed by atoms with Gasteiger partial charge < -0.3 is 28.8 Å². The molecule has 0 spiro atoms. The zero-order valence-electron chi connectivity index (χ0n) is 14.0. The van der Waals surface area contributed by atoms with Crippen molar-refractivity contribution in [3.05, 3.63) is 23.8 Å². The van der Waals surface area contributed by atoms with Crippen molar-refractivity contribution in [2.75, 3.05) is 27.6 Å². The summed E-state index contributed by atoms with van der Waals surface area (Å²) in [5.41, 5.74) is 0.816. The molecule has 1 heterocycles. The summed E-state index contributed by atoms with van der Waals surface area (Å²) in [5, 5.41) is 10.1. The van der Waals surface area contributed by atoms with Crippen LogP contribution in [-0.4, -0.2) is 45.1 Å². The molecule has 0 aliphatic carbocycles. The number of aliphatic hydroxyl groups is 1. The Kier molecular flexibility index (Phi) is 7.11. The van der Waals surface area contributed by atoms with Crippen LogP contribution in [0.15, 0.2) is 18.2 Å². The highest BCUT2D eigenvalue weighted by atomic mass is 16.7. The highest BCUT2D eigenvalue weighted by Gasteiger charge is 2.25. The second kappa shape index (κ2) is 9.08. The van der Waals surface area contributed by atoms with Crippen molar-refractivity contribution >= 4 is 0 Å². The summed E-state index contributed by atoms with van der Waals surface area (Å²) in [6.07, 6.45) is 1.54. The molecule has 1 aromatic carbocycles. The van der Waals surface area contributed by atoms with E-state index in [-0.39, 0.29) is 13.1 Å². The Morgan fingerprint density at radius 2 is 2.09 bits per heavy atom. The molecule has 1 unspecified atom stereocenters. The maximum absolute atomic E-state index is 10.1. The molecular weight excluding hydrogens is 300 g/mol. The van der Waals surface area contributed by atoms with E-state index >= 15 is 0 Å². The molecule has 1 aliphatic rings. The van der Waals surface area contributed by atoms with Crippen molar-refractivity contribution in [2.45, 2.75) is 44.7 Å². The predicted octanol–water partition coefficient (Wildman–Crippen LogP) is 2.64. The maximum Gasteiger partial charge on any atom is 0.188 e. The third-order valence-electron chi connectivity index (χ3n) is 3.72. The van der Waals surface area contributed by atoms with E-state index in [9.17, 15) is 5.11 Å². The van der Waals surface area contributed by atoms with Crippen molar-refractivity contribution < 1.29 is 28.8 Å². The van der Waals surface area contributed by atoms with Gasteiger partial charge in [-0.05, 0) is 43.9 Å². The highest BCUT2D eigenvalue weighted by molar-refractivity contribution is 5.43. The second-order valence-electron chi connectivity index (χ2n) is 5.55. The van der Waals surface area contributed by atoms with Gasteiger partial charge in [-0.3, -0.25) is 0 Å². The number of methoxy groups -OCH3 is 2. The van der Waals surface area contributed by atoms with Gasteiger partial charge >= 0.3 is 0 Å².